The number of rotatable bonds is 6. The summed E-state index contributed by atoms with van der Waals surface area (Å²) < 4.78 is 10.6. The van der Waals surface area contributed by atoms with Crippen molar-refractivity contribution in [2.24, 2.45) is 0 Å². The Hall–Kier alpha value is -2.25. The number of amides is 1. The van der Waals surface area contributed by atoms with E-state index in [1.165, 1.54) is 18.0 Å². The fourth-order valence-electron chi connectivity index (χ4n) is 1.77. The van der Waals surface area contributed by atoms with Crippen LogP contribution in [0.15, 0.2) is 56.7 Å². The first-order valence-corrected chi connectivity index (χ1v) is 8.13. The summed E-state index contributed by atoms with van der Waals surface area (Å²) in [5.41, 5.74) is 0.599. The van der Waals surface area contributed by atoms with E-state index in [-0.39, 0.29) is 5.91 Å². The van der Waals surface area contributed by atoms with E-state index in [0.29, 0.717) is 39.8 Å². The van der Waals surface area contributed by atoms with Crippen molar-refractivity contribution in [3.8, 4) is 11.7 Å². The molecule has 1 amide bonds. The lowest BCUT2D eigenvalue weighted by Crippen LogP contribution is -2.12. The van der Waals surface area contributed by atoms with Crippen LogP contribution in [0, 0.1) is 0 Å². The minimum Gasteiger partial charge on any atom is -0.459 e. The molecule has 0 atom stereocenters. The van der Waals surface area contributed by atoms with Gasteiger partial charge in [0, 0.05) is 12.2 Å². The number of nitrogens with one attached hydrogen (secondary N) is 1. The number of aromatic nitrogens is 2. The summed E-state index contributed by atoms with van der Waals surface area (Å²) in [4.78, 5) is 11.9. The topological polar surface area (TPSA) is 81.2 Å². The second-order valence-electron chi connectivity index (χ2n) is 4.48. The number of hydrogen-bond acceptors (Lipinski definition) is 6. The molecule has 0 spiro atoms. The van der Waals surface area contributed by atoms with Gasteiger partial charge in [0.2, 0.25) is 5.91 Å². The molecule has 23 heavy (non-hydrogen) atoms. The summed E-state index contributed by atoms with van der Waals surface area (Å²) >= 11 is 7.29. The Balaban J connectivity index is 1.48. The van der Waals surface area contributed by atoms with E-state index in [1.54, 1.807) is 30.3 Å². The number of nitrogens with zero attached hydrogens (tertiary/aromatic N) is 2. The average molecular weight is 350 g/mol. The molecule has 0 aliphatic rings. The largest absolute Gasteiger partial charge is 0.459 e. The highest BCUT2D eigenvalue weighted by Gasteiger charge is 2.12. The third-order valence-corrected chi connectivity index (χ3v) is 3.99. The van der Waals surface area contributed by atoms with Crippen molar-refractivity contribution >= 4 is 35.0 Å². The normalized spacial score (nSPS) is 10.7. The molecule has 0 saturated carbocycles. The molecule has 0 radical (unpaired) electrons. The van der Waals surface area contributed by atoms with Crippen molar-refractivity contribution in [3.63, 3.8) is 0 Å². The summed E-state index contributed by atoms with van der Waals surface area (Å²) in [7, 11) is 0. The number of anilines is 1. The number of thioether (sulfide) groups is 1. The SMILES string of the molecule is O=C(CCSc1nnc(-c2ccco2)o1)Nc1ccccc1Cl. The van der Waals surface area contributed by atoms with Gasteiger partial charge in [-0.3, -0.25) is 4.79 Å². The lowest BCUT2D eigenvalue weighted by atomic mass is 10.3. The predicted octanol–water partition coefficient (Wildman–Crippen LogP) is 4.10. The Morgan fingerprint density at radius 1 is 1.22 bits per heavy atom. The first kappa shape index (κ1) is 15.6. The number of hydrogen-bond donors (Lipinski definition) is 1. The van der Waals surface area contributed by atoms with Gasteiger partial charge in [0.1, 0.15) is 0 Å². The van der Waals surface area contributed by atoms with Gasteiger partial charge >= 0.3 is 0 Å². The standard InChI is InChI=1S/C15H12ClN3O3S/c16-10-4-1-2-5-11(10)17-13(20)7-9-23-15-19-18-14(22-15)12-6-3-8-21-12/h1-6,8H,7,9H2,(H,17,20). The second kappa shape index (κ2) is 7.34. The molecule has 3 rings (SSSR count). The summed E-state index contributed by atoms with van der Waals surface area (Å²) in [6, 6.07) is 10.6. The molecule has 1 aromatic carbocycles. The molecule has 118 valence electrons. The van der Waals surface area contributed by atoms with Gasteiger partial charge in [0.05, 0.1) is 17.0 Å². The summed E-state index contributed by atoms with van der Waals surface area (Å²) in [5.74, 6) is 1.21. The van der Waals surface area contributed by atoms with Crippen LogP contribution in [0.25, 0.3) is 11.7 Å². The smallest absolute Gasteiger partial charge is 0.284 e. The van der Waals surface area contributed by atoms with Crippen LogP contribution >= 0.6 is 23.4 Å². The summed E-state index contributed by atoms with van der Waals surface area (Å²) in [6.07, 6.45) is 1.83. The Kier molecular flexibility index (Phi) is 4.99. The number of carbonyl (C=O) groups is 1. The summed E-state index contributed by atoms with van der Waals surface area (Å²) in [5, 5.41) is 11.4. The number of halogens is 1. The Morgan fingerprint density at radius 3 is 2.87 bits per heavy atom. The monoisotopic (exact) mass is 349 g/mol. The molecule has 8 heteroatoms. The average Bonchev–Trinajstić information content (AvgIpc) is 3.20. The number of benzene rings is 1. The minimum absolute atomic E-state index is 0.128. The van der Waals surface area contributed by atoms with Gasteiger partial charge in [-0.05, 0) is 24.3 Å². The van der Waals surface area contributed by atoms with Gasteiger partial charge in [-0.1, -0.05) is 35.5 Å². The van der Waals surface area contributed by atoms with E-state index >= 15 is 0 Å². The van der Waals surface area contributed by atoms with Crippen LogP contribution in [-0.2, 0) is 4.79 Å². The van der Waals surface area contributed by atoms with E-state index in [2.05, 4.69) is 15.5 Å². The van der Waals surface area contributed by atoms with Gasteiger partial charge in [0.15, 0.2) is 5.76 Å². The van der Waals surface area contributed by atoms with E-state index < -0.39 is 0 Å². The van der Waals surface area contributed by atoms with Crippen LogP contribution in [0.3, 0.4) is 0 Å². The van der Waals surface area contributed by atoms with Crippen LogP contribution in [0.4, 0.5) is 5.69 Å². The Morgan fingerprint density at radius 2 is 2.09 bits per heavy atom. The van der Waals surface area contributed by atoms with Crippen molar-refractivity contribution in [3.05, 3.63) is 47.7 Å². The van der Waals surface area contributed by atoms with Crippen LogP contribution < -0.4 is 5.32 Å². The molecule has 3 aromatic rings. The fourth-order valence-corrected chi connectivity index (χ4v) is 2.66. The molecule has 0 saturated heterocycles. The quantitative estimate of drug-likeness (QED) is 0.674. The molecular formula is C15H12ClN3O3S. The van der Waals surface area contributed by atoms with Gasteiger partial charge < -0.3 is 14.2 Å². The second-order valence-corrected chi connectivity index (χ2v) is 5.93. The predicted molar refractivity (Wildman–Crippen MR) is 87.4 cm³/mol. The molecule has 0 unspecified atom stereocenters. The fraction of sp³-hybridized carbons (Fsp3) is 0.133. The first-order valence-electron chi connectivity index (χ1n) is 6.77. The van der Waals surface area contributed by atoms with Gasteiger partial charge in [0.25, 0.3) is 11.1 Å². The third kappa shape index (κ3) is 4.14. The molecule has 0 aliphatic carbocycles. The van der Waals surface area contributed by atoms with Crippen molar-refractivity contribution in [2.75, 3.05) is 11.1 Å². The van der Waals surface area contributed by atoms with Gasteiger partial charge in [-0.25, -0.2) is 0 Å². The Bertz CT molecular complexity index is 789. The summed E-state index contributed by atoms with van der Waals surface area (Å²) in [6.45, 7) is 0. The molecule has 1 N–H and O–H groups in total. The van der Waals surface area contributed by atoms with Crippen molar-refractivity contribution < 1.29 is 13.6 Å². The number of carbonyl (C=O) groups excluding carboxylic acids is 1. The van der Waals surface area contributed by atoms with Crippen molar-refractivity contribution in [1.82, 2.24) is 10.2 Å². The maximum atomic E-state index is 11.9. The van der Waals surface area contributed by atoms with E-state index in [4.69, 9.17) is 20.4 Å². The molecule has 0 bridgehead atoms. The van der Waals surface area contributed by atoms with E-state index in [0.717, 1.165) is 0 Å². The highest BCUT2D eigenvalue weighted by molar-refractivity contribution is 7.99. The maximum absolute atomic E-state index is 11.9. The molecule has 0 fully saturated rings. The molecule has 6 nitrogen and oxygen atoms in total. The number of furan rings is 1. The van der Waals surface area contributed by atoms with E-state index in [1.807, 2.05) is 6.07 Å². The van der Waals surface area contributed by atoms with Crippen LogP contribution in [-0.4, -0.2) is 21.9 Å². The highest BCUT2D eigenvalue weighted by atomic mass is 35.5. The van der Waals surface area contributed by atoms with Crippen molar-refractivity contribution in [2.45, 2.75) is 11.6 Å². The van der Waals surface area contributed by atoms with Crippen LogP contribution in [0.1, 0.15) is 6.42 Å². The Labute approximate surface area is 141 Å². The lowest BCUT2D eigenvalue weighted by molar-refractivity contribution is -0.115. The molecular weight excluding hydrogens is 338 g/mol. The number of para-hydroxylation sites is 1. The van der Waals surface area contributed by atoms with Gasteiger partial charge in [-0.15, -0.1) is 10.2 Å². The highest BCUT2D eigenvalue weighted by Crippen LogP contribution is 2.24. The third-order valence-electron chi connectivity index (χ3n) is 2.84. The van der Waals surface area contributed by atoms with Crippen LogP contribution in [0.5, 0.6) is 0 Å². The first-order chi connectivity index (χ1) is 11.2. The zero-order valence-electron chi connectivity index (χ0n) is 11.9. The minimum atomic E-state index is -0.128. The lowest BCUT2D eigenvalue weighted by Gasteiger charge is -2.05. The zero-order valence-corrected chi connectivity index (χ0v) is 13.4. The molecule has 2 heterocycles. The van der Waals surface area contributed by atoms with E-state index in [9.17, 15) is 4.79 Å². The molecule has 2 aromatic heterocycles. The van der Waals surface area contributed by atoms with Gasteiger partial charge in [-0.2, -0.15) is 0 Å². The maximum Gasteiger partial charge on any atom is 0.284 e. The van der Waals surface area contributed by atoms with Crippen LogP contribution in [0.2, 0.25) is 5.02 Å². The van der Waals surface area contributed by atoms with Crippen molar-refractivity contribution in [1.29, 1.82) is 0 Å². The molecule has 0 aliphatic heterocycles. The zero-order chi connectivity index (χ0) is 16.1.